The van der Waals surface area contributed by atoms with Gasteiger partial charge >= 0.3 is 0 Å². The molecular weight excluding hydrogens is 296 g/mol. The number of methoxy groups -OCH3 is 2. The van der Waals surface area contributed by atoms with E-state index < -0.39 is 10.0 Å². The smallest absolute Gasteiger partial charge is 0.244 e. The molecule has 0 saturated carbocycles. The van der Waals surface area contributed by atoms with Crippen LogP contribution in [0.5, 0.6) is 11.5 Å². The second kappa shape index (κ2) is 8.06. The van der Waals surface area contributed by atoms with Crippen LogP contribution in [0.25, 0.3) is 0 Å². The molecule has 0 radical (unpaired) electrons. The number of aliphatic hydroxyl groups is 1. The molecule has 120 valence electrons. The first-order chi connectivity index (χ1) is 9.96. The maximum atomic E-state index is 12.3. The van der Waals surface area contributed by atoms with E-state index in [1.165, 1.54) is 26.4 Å². The summed E-state index contributed by atoms with van der Waals surface area (Å²) in [6, 6.07) is 2.75. The van der Waals surface area contributed by atoms with Crippen molar-refractivity contribution in [2.75, 3.05) is 33.1 Å². The first-order valence-electron chi connectivity index (χ1n) is 6.58. The Kier molecular flexibility index (Phi) is 6.73. The number of aliphatic hydroxyl groups excluding tert-OH is 1. The first kappa shape index (κ1) is 17.5. The number of benzene rings is 1. The number of ether oxygens (including phenoxy) is 2. The summed E-state index contributed by atoms with van der Waals surface area (Å²) >= 11 is 0. The molecule has 0 amide bonds. The van der Waals surface area contributed by atoms with Crippen LogP contribution in [0.1, 0.15) is 19.3 Å². The topological polar surface area (TPSA) is 111 Å². The number of nitrogens with one attached hydrogen (secondary N) is 1. The highest BCUT2D eigenvalue weighted by atomic mass is 32.2. The van der Waals surface area contributed by atoms with Crippen LogP contribution in [0, 0.1) is 0 Å². The summed E-state index contributed by atoms with van der Waals surface area (Å²) in [5, 5.41) is 8.67. The molecule has 1 rings (SSSR count). The summed E-state index contributed by atoms with van der Waals surface area (Å²) in [6.07, 6.45) is 2.05. The molecule has 4 N–H and O–H groups in total. The molecule has 0 aliphatic rings. The Hall–Kier alpha value is -1.51. The van der Waals surface area contributed by atoms with Gasteiger partial charge in [-0.05, 0) is 25.3 Å². The molecule has 0 aliphatic carbocycles. The number of unbranched alkanes of at least 4 members (excludes halogenated alkanes) is 2. The molecule has 0 bridgehead atoms. The second-order valence-electron chi connectivity index (χ2n) is 4.43. The molecular formula is C13H22N2O5S. The van der Waals surface area contributed by atoms with Crippen molar-refractivity contribution in [2.24, 2.45) is 0 Å². The summed E-state index contributed by atoms with van der Waals surface area (Å²) in [4.78, 5) is -0.0227. The van der Waals surface area contributed by atoms with Crippen LogP contribution in [0.2, 0.25) is 0 Å². The minimum atomic E-state index is -3.71. The third kappa shape index (κ3) is 4.76. The van der Waals surface area contributed by atoms with E-state index in [0.717, 1.165) is 6.42 Å². The lowest BCUT2D eigenvalue weighted by molar-refractivity contribution is 0.283. The summed E-state index contributed by atoms with van der Waals surface area (Å²) < 4.78 is 37.1. The molecule has 0 atom stereocenters. The lowest BCUT2D eigenvalue weighted by Gasteiger charge is -2.13. The highest BCUT2D eigenvalue weighted by molar-refractivity contribution is 7.89. The van der Waals surface area contributed by atoms with Gasteiger partial charge in [0.15, 0.2) is 0 Å². The third-order valence-electron chi connectivity index (χ3n) is 2.93. The van der Waals surface area contributed by atoms with Gasteiger partial charge < -0.3 is 20.3 Å². The maximum absolute atomic E-state index is 12.3. The Labute approximate surface area is 125 Å². The second-order valence-corrected chi connectivity index (χ2v) is 6.16. The zero-order valence-corrected chi connectivity index (χ0v) is 13.1. The van der Waals surface area contributed by atoms with Crippen molar-refractivity contribution in [3.63, 3.8) is 0 Å². The van der Waals surface area contributed by atoms with Crippen molar-refractivity contribution in [3.8, 4) is 11.5 Å². The third-order valence-corrected chi connectivity index (χ3v) is 4.41. The maximum Gasteiger partial charge on any atom is 0.244 e. The molecule has 0 unspecified atom stereocenters. The number of hydrogen-bond acceptors (Lipinski definition) is 6. The van der Waals surface area contributed by atoms with Crippen LogP contribution < -0.4 is 19.9 Å². The van der Waals surface area contributed by atoms with Crippen molar-refractivity contribution >= 4 is 15.7 Å². The fraction of sp³-hybridized carbons (Fsp3) is 0.538. The Balaban J connectivity index is 2.89. The SMILES string of the molecule is COc1cc(OC)c(S(=O)(=O)NCCCCCO)cc1N. The zero-order valence-electron chi connectivity index (χ0n) is 12.3. The van der Waals surface area contributed by atoms with Gasteiger partial charge in [-0.15, -0.1) is 0 Å². The van der Waals surface area contributed by atoms with E-state index in [4.69, 9.17) is 20.3 Å². The van der Waals surface area contributed by atoms with Crippen LogP contribution in [0.15, 0.2) is 17.0 Å². The number of anilines is 1. The van der Waals surface area contributed by atoms with Crippen LogP contribution in [0.3, 0.4) is 0 Å². The summed E-state index contributed by atoms with van der Waals surface area (Å²) in [5.74, 6) is 0.526. The number of nitrogen functional groups attached to an aromatic ring is 1. The summed E-state index contributed by atoms with van der Waals surface area (Å²) in [7, 11) is -0.887. The normalized spacial score (nSPS) is 11.4. The van der Waals surface area contributed by atoms with Crippen LogP contribution in [0.4, 0.5) is 5.69 Å². The van der Waals surface area contributed by atoms with E-state index in [2.05, 4.69) is 4.72 Å². The minimum Gasteiger partial charge on any atom is -0.495 e. The van der Waals surface area contributed by atoms with Gasteiger partial charge in [-0.3, -0.25) is 0 Å². The van der Waals surface area contributed by atoms with Crippen LogP contribution >= 0.6 is 0 Å². The van der Waals surface area contributed by atoms with Gasteiger partial charge in [-0.1, -0.05) is 0 Å². The van der Waals surface area contributed by atoms with Crippen LogP contribution in [-0.2, 0) is 10.0 Å². The van der Waals surface area contributed by atoms with Gasteiger partial charge in [0.25, 0.3) is 0 Å². The number of hydrogen-bond donors (Lipinski definition) is 3. The Morgan fingerprint density at radius 3 is 2.38 bits per heavy atom. The van der Waals surface area contributed by atoms with E-state index in [-0.39, 0.29) is 29.5 Å². The quantitative estimate of drug-likeness (QED) is 0.457. The van der Waals surface area contributed by atoms with E-state index in [1.807, 2.05) is 0 Å². The van der Waals surface area contributed by atoms with Crippen molar-refractivity contribution in [3.05, 3.63) is 12.1 Å². The lowest BCUT2D eigenvalue weighted by Crippen LogP contribution is -2.25. The molecule has 8 heteroatoms. The van der Waals surface area contributed by atoms with Gasteiger partial charge in [0.2, 0.25) is 10.0 Å². The molecule has 0 saturated heterocycles. The molecule has 1 aromatic carbocycles. The Morgan fingerprint density at radius 1 is 1.14 bits per heavy atom. The first-order valence-corrected chi connectivity index (χ1v) is 8.06. The number of sulfonamides is 1. The molecule has 1 aromatic rings. The van der Waals surface area contributed by atoms with E-state index >= 15 is 0 Å². The van der Waals surface area contributed by atoms with Crippen molar-refractivity contribution in [1.29, 1.82) is 0 Å². The molecule has 0 spiro atoms. The largest absolute Gasteiger partial charge is 0.495 e. The fourth-order valence-electron chi connectivity index (χ4n) is 1.80. The van der Waals surface area contributed by atoms with Crippen molar-refractivity contribution < 1.29 is 23.0 Å². The molecule has 0 heterocycles. The number of nitrogens with two attached hydrogens (primary N) is 1. The van der Waals surface area contributed by atoms with E-state index in [0.29, 0.717) is 18.6 Å². The lowest BCUT2D eigenvalue weighted by atomic mass is 10.2. The highest BCUT2D eigenvalue weighted by Gasteiger charge is 2.21. The van der Waals surface area contributed by atoms with Gasteiger partial charge in [0.05, 0.1) is 19.9 Å². The Bertz CT molecular complexity index is 560. The van der Waals surface area contributed by atoms with E-state index in [9.17, 15) is 8.42 Å². The van der Waals surface area contributed by atoms with E-state index in [1.54, 1.807) is 0 Å². The average Bonchev–Trinajstić information content (AvgIpc) is 2.46. The highest BCUT2D eigenvalue weighted by Crippen LogP contribution is 2.33. The summed E-state index contributed by atoms with van der Waals surface area (Å²) in [5.41, 5.74) is 5.97. The van der Waals surface area contributed by atoms with Crippen molar-refractivity contribution in [2.45, 2.75) is 24.2 Å². The predicted molar refractivity (Wildman–Crippen MR) is 80.1 cm³/mol. The zero-order chi connectivity index (χ0) is 15.9. The molecule has 0 aliphatic heterocycles. The molecule has 21 heavy (non-hydrogen) atoms. The van der Waals surface area contributed by atoms with Crippen LogP contribution in [-0.4, -0.2) is 40.9 Å². The molecule has 0 fully saturated rings. The fourth-order valence-corrected chi connectivity index (χ4v) is 3.06. The van der Waals surface area contributed by atoms with Gasteiger partial charge in [0.1, 0.15) is 16.4 Å². The van der Waals surface area contributed by atoms with Gasteiger partial charge in [-0.25, -0.2) is 13.1 Å². The summed E-state index contributed by atoms with van der Waals surface area (Å²) in [6.45, 7) is 0.396. The Morgan fingerprint density at radius 2 is 1.81 bits per heavy atom. The van der Waals surface area contributed by atoms with Gasteiger partial charge in [0, 0.05) is 19.2 Å². The van der Waals surface area contributed by atoms with Gasteiger partial charge in [-0.2, -0.15) is 0 Å². The average molecular weight is 318 g/mol. The monoisotopic (exact) mass is 318 g/mol. The standard InChI is InChI=1S/C13H22N2O5S/c1-19-11-9-12(20-2)13(8-10(11)14)21(17,18)15-6-4-3-5-7-16/h8-9,15-16H,3-7,14H2,1-2H3. The number of rotatable bonds is 9. The molecule has 7 nitrogen and oxygen atoms in total. The minimum absolute atomic E-state index is 0.0227. The predicted octanol–water partition coefficient (Wildman–Crippen LogP) is 0.727. The van der Waals surface area contributed by atoms with Crippen molar-refractivity contribution in [1.82, 2.24) is 4.72 Å². The molecule has 0 aromatic heterocycles.